The molecule has 0 atom stereocenters. The van der Waals surface area contributed by atoms with E-state index < -0.39 is 0 Å². The van der Waals surface area contributed by atoms with Crippen LogP contribution in [0.2, 0.25) is 0 Å². The van der Waals surface area contributed by atoms with Crippen molar-refractivity contribution in [2.24, 2.45) is 0 Å². The molecule has 0 heterocycles. The highest BCUT2D eigenvalue weighted by atomic mass is 16.1. The summed E-state index contributed by atoms with van der Waals surface area (Å²) in [5.41, 5.74) is 1.79. The first-order valence-electron chi connectivity index (χ1n) is 3.63. The third-order valence-corrected chi connectivity index (χ3v) is 1.41. The minimum absolute atomic E-state index is 0.780. The summed E-state index contributed by atoms with van der Waals surface area (Å²) in [6.45, 7) is 9.14. The van der Waals surface area contributed by atoms with Gasteiger partial charge in [-0.2, -0.15) is 0 Å². The molecule has 1 nitrogen and oxygen atoms in total. The van der Waals surface area contributed by atoms with Crippen LogP contribution in [0.1, 0.15) is 19.8 Å². The Labute approximate surface area is 68.1 Å². The molecule has 0 aliphatic carbocycles. The Hall–Kier alpha value is -1.11. The molecule has 0 aromatic rings. The monoisotopic (exact) mass is 150 g/mol. The fraction of sp³-hybridized carbons (Fsp3) is 0.300. The van der Waals surface area contributed by atoms with Crippen molar-refractivity contribution in [2.45, 2.75) is 19.8 Å². The molecule has 0 unspecified atom stereocenters. The highest BCUT2D eigenvalue weighted by Crippen LogP contribution is 2.04. The fourth-order valence-corrected chi connectivity index (χ4v) is 0.635. The zero-order valence-corrected chi connectivity index (χ0v) is 6.97. The molecule has 60 valence electrons. The quantitative estimate of drug-likeness (QED) is 0.334. The minimum Gasteiger partial charge on any atom is -0.298 e. The molecule has 0 spiro atoms. The maximum absolute atomic E-state index is 10.1. The van der Waals surface area contributed by atoms with Crippen molar-refractivity contribution < 1.29 is 4.79 Å². The van der Waals surface area contributed by atoms with Crippen LogP contribution in [0.4, 0.5) is 0 Å². The van der Waals surface area contributed by atoms with E-state index in [2.05, 4.69) is 13.2 Å². The molecule has 0 aromatic heterocycles. The molecule has 0 radical (unpaired) electrons. The van der Waals surface area contributed by atoms with E-state index in [1.54, 1.807) is 13.0 Å². The Balaban J connectivity index is 3.64. The van der Waals surface area contributed by atoms with E-state index in [1.807, 2.05) is 6.08 Å². The van der Waals surface area contributed by atoms with Crippen LogP contribution in [0.15, 0.2) is 36.5 Å². The molecule has 0 fully saturated rings. The summed E-state index contributed by atoms with van der Waals surface area (Å²) in [6.07, 6.45) is 6.26. The number of carbonyl (C=O) groups is 1. The summed E-state index contributed by atoms with van der Waals surface area (Å²) in [7, 11) is 0. The first kappa shape index (κ1) is 9.89. The molecule has 0 saturated heterocycles. The average Bonchev–Trinajstić information content (AvgIpc) is 2.04. The summed E-state index contributed by atoms with van der Waals surface area (Å²) in [6, 6.07) is 0. The van der Waals surface area contributed by atoms with Crippen molar-refractivity contribution in [3.63, 3.8) is 0 Å². The van der Waals surface area contributed by atoms with Crippen molar-refractivity contribution >= 4 is 6.29 Å². The number of allylic oxidation sites excluding steroid dienone is 4. The van der Waals surface area contributed by atoms with E-state index in [9.17, 15) is 4.79 Å². The van der Waals surface area contributed by atoms with Gasteiger partial charge >= 0.3 is 0 Å². The van der Waals surface area contributed by atoms with E-state index in [0.29, 0.717) is 0 Å². The van der Waals surface area contributed by atoms with Crippen LogP contribution in [-0.2, 0) is 4.79 Å². The number of aldehydes is 1. The zero-order valence-electron chi connectivity index (χ0n) is 6.97. The maximum Gasteiger partial charge on any atom is 0.145 e. The lowest BCUT2D eigenvalue weighted by Gasteiger charge is -1.94. The van der Waals surface area contributed by atoms with Gasteiger partial charge in [0.05, 0.1) is 0 Å². The summed E-state index contributed by atoms with van der Waals surface area (Å²) in [5, 5.41) is 0. The van der Waals surface area contributed by atoms with Gasteiger partial charge in [0.1, 0.15) is 6.29 Å². The smallest absolute Gasteiger partial charge is 0.145 e. The summed E-state index contributed by atoms with van der Waals surface area (Å²) in [4.78, 5) is 10.1. The summed E-state index contributed by atoms with van der Waals surface area (Å²) < 4.78 is 0. The van der Waals surface area contributed by atoms with Gasteiger partial charge in [-0.3, -0.25) is 4.79 Å². The molecular formula is C10H14O. The first-order chi connectivity index (χ1) is 5.20. The number of hydrogen-bond acceptors (Lipinski definition) is 1. The second kappa shape index (κ2) is 5.66. The molecule has 11 heavy (non-hydrogen) atoms. The molecule has 0 aliphatic heterocycles. The van der Waals surface area contributed by atoms with Crippen LogP contribution in [-0.4, -0.2) is 6.29 Å². The highest BCUT2D eigenvalue weighted by Gasteiger charge is 1.87. The van der Waals surface area contributed by atoms with Crippen molar-refractivity contribution in [1.29, 1.82) is 0 Å². The van der Waals surface area contributed by atoms with Crippen molar-refractivity contribution in [1.82, 2.24) is 0 Å². The van der Waals surface area contributed by atoms with Gasteiger partial charge in [0.15, 0.2) is 0 Å². The Bertz CT molecular complexity index is 187. The lowest BCUT2D eigenvalue weighted by atomic mass is 10.1. The largest absolute Gasteiger partial charge is 0.298 e. The Kier molecular flexibility index (Phi) is 5.09. The second-order valence-electron chi connectivity index (χ2n) is 2.47. The molecule has 0 bridgehead atoms. The number of rotatable bonds is 5. The van der Waals surface area contributed by atoms with Crippen LogP contribution in [0, 0.1) is 0 Å². The maximum atomic E-state index is 10.1. The average molecular weight is 150 g/mol. The van der Waals surface area contributed by atoms with Gasteiger partial charge in [-0.25, -0.2) is 0 Å². The highest BCUT2D eigenvalue weighted by molar-refractivity contribution is 5.71. The third kappa shape index (κ3) is 5.34. The van der Waals surface area contributed by atoms with Gasteiger partial charge in [-0.15, -0.1) is 0 Å². The molecular weight excluding hydrogens is 136 g/mol. The molecule has 0 rings (SSSR count). The van der Waals surface area contributed by atoms with Crippen molar-refractivity contribution in [2.75, 3.05) is 0 Å². The van der Waals surface area contributed by atoms with Crippen LogP contribution in [0.5, 0.6) is 0 Å². The molecule has 0 aliphatic rings. The predicted octanol–water partition coefficient (Wildman–Crippen LogP) is 2.65. The minimum atomic E-state index is 0.780. The topological polar surface area (TPSA) is 17.1 Å². The normalized spacial score (nSPS) is 10.8. The zero-order chi connectivity index (χ0) is 8.69. The predicted molar refractivity (Wildman–Crippen MR) is 48.4 cm³/mol. The Morgan fingerprint density at radius 2 is 2.18 bits per heavy atom. The Morgan fingerprint density at radius 1 is 1.55 bits per heavy atom. The van der Waals surface area contributed by atoms with Gasteiger partial charge in [0, 0.05) is 0 Å². The fourth-order valence-electron chi connectivity index (χ4n) is 0.635. The lowest BCUT2D eigenvalue weighted by Crippen LogP contribution is -1.78. The molecule has 1 heteroatoms. The number of hydrogen-bond donors (Lipinski definition) is 0. The van der Waals surface area contributed by atoms with E-state index in [-0.39, 0.29) is 0 Å². The first-order valence-corrected chi connectivity index (χ1v) is 3.63. The molecule has 0 N–H and O–H groups in total. The molecule has 0 amide bonds. The van der Waals surface area contributed by atoms with E-state index in [0.717, 1.165) is 30.3 Å². The van der Waals surface area contributed by atoms with Crippen LogP contribution < -0.4 is 0 Å². The van der Waals surface area contributed by atoms with Crippen molar-refractivity contribution in [3.8, 4) is 0 Å². The standard InChI is InChI=1S/C10H14O/c1-4-9(2)6-5-7-10(3)8-11/h4,7-8H,1-2,5-6H2,3H3/b10-7+. The number of carbonyl (C=O) groups excluding carboxylic acids is 1. The van der Waals surface area contributed by atoms with Gasteiger partial charge in [0.2, 0.25) is 0 Å². The van der Waals surface area contributed by atoms with E-state index in [1.165, 1.54) is 0 Å². The summed E-state index contributed by atoms with van der Waals surface area (Å²) in [5.74, 6) is 0. The SMILES string of the molecule is C=CC(=C)CC/C=C(\C)C=O. The van der Waals surface area contributed by atoms with E-state index >= 15 is 0 Å². The second-order valence-corrected chi connectivity index (χ2v) is 2.47. The van der Waals surface area contributed by atoms with E-state index in [4.69, 9.17) is 0 Å². The van der Waals surface area contributed by atoms with Crippen LogP contribution in [0.25, 0.3) is 0 Å². The van der Waals surface area contributed by atoms with Gasteiger partial charge in [-0.05, 0) is 25.3 Å². The third-order valence-electron chi connectivity index (χ3n) is 1.41. The molecule has 0 aromatic carbocycles. The summed E-state index contributed by atoms with van der Waals surface area (Å²) >= 11 is 0. The molecule has 0 saturated carbocycles. The lowest BCUT2D eigenvalue weighted by molar-refractivity contribution is -0.104. The van der Waals surface area contributed by atoms with Gasteiger partial charge < -0.3 is 0 Å². The van der Waals surface area contributed by atoms with Crippen molar-refractivity contribution in [3.05, 3.63) is 36.5 Å². The van der Waals surface area contributed by atoms with Crippen LogP contribution in [0.3, 0.4) is 0 Å². The van der Waals surface area contributed by atoms with Crippen LogP contribution >= 0.6 is 0 Å². The van der Waals surface area contributed by atoms with Gasteiger partial charge in [0.25, 0.3) is 0 Å². The Morgan fingerprint density at radius 3 is 2.64 bits per heavy atom. The van der Waals surface area contributed by atoms with Gasteiger partial charge in [-0.1, -0.05) is 30.9 Å².